The summed E-state index contributed by atoms with van der Waals surface area (Å²) < 4.78 is 8.69. The number of pyridine rings is 1. The lowest BCUT2D eigenvalue weighted by Gasteiger charge is -2.34. The molecule has 1 aliphatic rings. The van der Waals surface area contributed by atoms with Gasteiger partial charge in [-0.3, -0.25) is 0 Å². The van der Waals surface area contributed by atoms with Crippen LogP contribution in [0.25, 0.3) is 22.4 Å². The quantitative estimate of drug-likeness (QED) is 0.546. The fraction of sp³-hybridized carbons (Fsp3) is 0.320. The van der Waals surface area contributed by atoms with Crippen molar-refractivity contribution in [1.29, 1.82) is 0 Å². The van der Waals surface area contributed by atoms with Crippen LogP contribution >= 0.6 is 0 Å². The number of rotatable bonds is 2. The number of ether oxygens (including phenoxy) is 1. The molecular formula is C25H28NO+. The fourth-order valence-electron chi connectivity index (χ4n) is 3.86. The third kappa shape index (κ3) is 3.37. The van der Waals surface area contributed by atoms with Gasteiger partial charge in [0.05, 0.1) is 5.56 Å². The van der Waals surface area contributed by atoms with E-state index >= 15 is 0 Å². The molecule has 1 aliphatic heterocycles. The monoisotopic (exact) mass is 358 g/mol. The Labute approximate surface area is 162 Å². The van der Waals surface area contributed by atoms with E-state index in [1.165, 1.54) is 39.1 Å². The maximum atomic E-state index is 6.49. The first-order valence-corrected chi connectivity index (χ1v) is 9.73. The highest BCUT2D eigenvalue weighted by Crippen LogP contribution is 2.42. The van der Waals surface area contributed by atoms with Crippen LogP contribution in [0.4, 0.5) is 0 Å². The molecule has 2 nitrogen and oxygen atoms in total. The summed E-state index contributed by atoms with van der Waals surface area (Å²) in [4.78, 5) is 0. The summed E-state index contributed by atoms with van der Waals surface area (Å²) >= 11 is 0. The lowest BCUT2D eigenvalue weighted by molar-refractivity contribution is -0.660. The molecule has 3 aromatic rings. The number of benzene rings is 2. The van der Waals surface area contributed by atoms with Crippen molar-refractivity contribution in [2.24, 2.45) is 7.05 Å². The predicted molar refractivity (Wildman–Crippen MR) is 111 cm³/mol. The Morgan fingerprint density at radius 1 is 0.926 bits per heavy atom. The third-order valence-electron chi connectivity index (χ3n) is 5.61. The SMILES string of the molecule is Cc1ccc(-c2cc[n+](C)c(-c3c(C)ccc4c3OC(C)(C)CC4)c2)cc1. The number of nitrogens with zero attached hydrogens (tertiary/aromatic N) is 1. The molecule has 2 heteroatoms. The summed E-state index contributed by atoms with van der Waals surface area (Å²) in [5.41, 5.74) is 8.61. The zero-order valence-corrected chi connectivity index (χ0v) is 17.0. The number of aryl methyl sites for hydroxylation is 4. The predicted octanol–water partition coefficient (Wildman–Crippen LogP) is 5.57. The molecule has 0 spiro atoms. The Hall–Kier alpha value is -2.61. The van der Waals surface area contributed by atoms with Crippen molar-refractivity contribution in [3.8, 4) is 28.1 Å². The fourth-order valence-corrected chi connectivity index (χ4v) is 3.86. The first-order valence-electron chi connectivity index (χ1n) is 9.73. The molecule has 0 aliphatic carbocycles. The molecule has 0 amide bonds. The van der Waals surface area contributed by atoms with Crippen LogP contribution in [-0.4, -0.2) is 5.60 Å². The molecular weight excluding hydrogens is 330 g/mol. The molecule has 0 unspecified atom stereocenters. The van der Waals surface area contributed by atoms with Crippen molar-refractivity contribution in [1.82, 2.24) is 0 Å². The van der Waals surface area contributed by atoms with Crippen LogP contribution in [0.2, 0.25) is 0 Å². The van der Waals surface area contributed by atoms with Gasteiger partial charge >= 0.3 is 0 Å². The molecule has 4 rings (SSSR count). The highest BCUT2D eigenvalue weighted by atomic mass is 16.5. The van der Waals surface area contributed by atoms with Gasteiger partial charge < -0.3 is 4.74 Å². The zero-order valence-electron chi connectivity index (χ0n) is 17.0. The first-order chi connectivity index (χ1) is 12.8. The van der Waals surface area contributed by atoms with E-state index in [1.54, 1.807) is 0 Å². The van der Waals surface area contributed by atoms with Crippen molar-refractivity contribution in [3.05, 3.63) is 71.4 Å². The van der Waals surface area contributed by atoms with Gasteiger partial charge in [-0.1, -0.05) is 42.0 Å². The van der Waals surface area contributed by atoms with E-state index in [0.717, 1.165) is 18.6 Å². The van der Waals surface area contributed by atoms with Crippen molar-refractivity contribution >= 4 is 0 Å². The average Bonchev–Trinajstić information content (AvgIpc) is 2.63. The average molecular weight is 359 g/mol. The highest BCUT2D eigenvalue weighted by molar-refractivity contribution is 5.75. The van der Waals surface area contributed by atoms with E-state index < -0.39 is 0 Å². The molecule has 2 aromatic carbocycles. The van der Waals surface area contributed by atoms with Crippen LogP contribution in [0.15, 0.2) is 54.7 Å². The minimum absolute atomic E-state index is 0.122. The molecule has 0 saturated carbocycles. The Kier molecular flexibility index (Phi) is 4.30. The molecule has 1 aromatic heterocycles. The van der Waals surface area contributed by atoms with E-state index in [4.69, 9.17) is 4.74 Å². The number of aromatic nitrogens is 1. The van der Waals surface area contributed by atoms with Crippen LogP contribution in [0.3, 0.4) is 0 Å². The lowest BCUT2D eigenvalue weighted by Crippen LogP contribution is -2.35. The molecule has 0 fully saturated rings. The first kappa shape index (κ1) is 17.8. The molecule has 0 radical (unpaired) electrons. The minimum Gasteiger partial charge on any atom is -0.487 e. The standard InChI is InChI=1S/C25H28NO/c1-17-6-9-19(10-7-17)21-13-15-26(5)22(16-21)23-18(2)8-11-20-12-14-25(3,4)27-24(20)23/h6-11,13,15-16H,12,14H2,1-5H3/q+1. The van der Waals surface area contributed by atoms with Gasteiger partial charge in [-0.25, -0.2) is 4.57 Å². The summed E-state index contributed by atoms with van der Waals surface area (Å²) in [5, 5.41) is 0. The number of hydrogen-bond acceptors (Lipinski definition) is 1. The largest absolute Gasteiger partial charge is 0.487 e. The Bertz CT molecular complexity index is 1000. The molecule has 0 N–H and O–H groups in total. The normalized spacial score (nSPS) is 15.1. The van der Waals surface area contributed by atoms with Crippen LogP contribution in [0.5, 0.6) is 5.75 Å². The lowest BCUT2D eigenvalue weighted by atomic mass is 9.89. The van der Waals surface area contributed by atoms with E-state index in [2.05, 4.69) is 94.0 Å². The van der Waals surface area contributed by atoms with Crippen molar-refractivity contribution in [2.75, 3.05) is 0 Å². The van der Waals surface area contributed by atoms with Crippen LogP contribution in [-0.2, 0) is 13.5 Å². The van der Waals surface area contributed by atoms with E-state index in [0.29, 0.717) is 0 Å². The molecule has 27 heavy (non-hydrogen) atoms. The van der Waals surface area contributed by atoms with E-state index in [9.17, 15) is 0 Å². The minimum atomic E-state index is -0.122. The second-order valence-corrected chi connectivity index (χ2v) is 8.39. The molecule has 0 atom stereocenters. The van der Waals surface area contributed by atoms with Crippen LogP contribution < -0.4 is 9.30 Å². The second kappa shape index (κ2) is 6.53. The molecule has 2 heterocycles. The third-order valence-corrected chi connectivity index (χ3v) is 5.61. The van der Waals surface area contributed by atoms with Gasteiger partial charge in [-0.2, -0.15) is 0 Å². The van der Waals surface area contributed by atoms with Crippen LogP contribution in [0, 0.1) is 13.8 Å². The maximum absolute atomic E-state index is 6.49. The summed E-state index contributed by atoms with van der Waals surface area (Å²) in [6.07, 6.45) is 4.27. The smallest absolute Gasteiger partial charge is 0.216 e. The Balaban J connectivity index is 1.89. The summed E-state index contributed by atoms with van der Waals surface area (Å²) in [6, 6.07) is 17.7. The van der Waals surface area contributed by atoms with Gasteiger partial charge in [0.1, 0.15) is 18.4 Å². The van der Waals surface area contributed by atoms with E-state index in [1.807, 2.05) is 0 Å². The van der Waals surface area contributed by atoms with Crippen molar-refractivity contribution < 1.29 is 9.30 Å². The molecule has 0 bridgehead atoms. The molecule has 138 valence electrons. The Morgan fingerprint density at radius 3 is 2.41 bits per heavy atom. The summed E-state index contributed by atoms with van der Waals surface area (Å²) in [6.45, 7) is 8.67. The van der Waals surface area contributed by atoms with Gasteiger partial charge in [-0.05, 0) is 62.8 Å². The number of hydrogen-bond donors (Lipinski definition) is 0. The highest BCUT2D eigenvalue weighted by Gasteiger charge is 2.31. The summed E-state index contributed by atoms with van der Waals surface area (Å²) in [7, 11) is 2.11. The Morgan fingerprint density at radius 2 is 1.67 bits per heavy atom. The zero-order chi connectivity index (χ0) is 19.2. The van der Waals surface area contributed by atoms with E-state index in [-0.39, 0.29) is 5.60 Å². The molecule has 0 saturated heterocycles. The van der Waals surface area contributed by atoms with Crippen LogP contribution in [0.1, 0.15) is 37.0 Å². The number of fused-ring (bicyclic) bond motifs is 1. The van der Waals surface area contributed by atoms with Gasteiger partial charge in [0.15, 0.2) is 6.20 Å². The van der Waals surface area contributed by atoms with Gasteiger partial charge in [0, 0.05) is 12.1 Å². The second-order valence-electron chi connectivity index (χ2n) is 8.39. The van der Waals surface area contributed by atoms with Gasteiger partial charge in [0.25, 0.3) is 0 Å². The van der Waals surface area contributed by atoms with Crippen molar-refractivity contribution in [3.63, 3.8) is 0 Å². The summed E-state index contributed by atoms with van der Waals surface area (Å²) in [5.74, 6) is 1.06. The van der Waals surface area contributed by atoms with Crippen molar-refractivity contribution in [2.45, 2.75) is 46.1 Å². The topological polar surface area (TPSA) is 13.1 Å². The van der Waals surface area contributed by atoms with Gasteiger partial charge in [-0.15, -0.1) is 0 Å². The van der Waals surface area contributed by atoms with Gasteiger partial charge in [0.2, 0.25) is 5.69 Å². The maximum Gasteiger partial charge on any atom is 0.216 e.